The van der Waals surface area contributed by atoms with Crippen LogP contribution >= 0.6 is 0 Å². The fraction of sp³-hybridized carbons (Fsp3) is 0.312. The molecule has 100 valence electrons. The van der Waals surface area contributed by atoms with E-state index < -0.39 is 0 Å². The van der Waals surface area contributed by atoms with E-state index in [0.717, 1.165) is 30.6 Å². The van der Waals surface area contributed by atoms with Gasteiger partial charge in [0.05, 0.1) is 0 Å². The number of nitrogens with zero attached hydrogens (tertiary/aromatic N) is 1. The molecule has 0 radical (unpaired) electrons. The first-order chi connectivity index (χ1) is 9.31. The van der Waals surface area contributed by atoms with Crippen LogP contribution < -0.4 is 0 Å². The second-order valence-corrected chi connectivity index (χ2v) is 4.52. The first kappa shape index (κ1) is 13.4. The van der Waals surface area contributed by atoms with Crippen LogP contribution in [0, 0.1) is 0 Å². The fourth-order valence-corrected chi connectivity index (χ4v) is 2.12. The number of amides is 1. The number of carbonyl (C=O) groups excluding carboxylic acids is 1. The van der Waals surface area contributed by atoms with Crippen LogP contribution in [0.15, 0.2) is 54.8 Å². The van der Waals surface area contributed by atoms with Gasteiger partial charge in [-0.3, -0.25) is 4.90 Å². The molecule has 0 saturated carbocycles. The minimum Gasteiger partial charge on any atom is -0.444 e. The van der Waals surface area contributed by atoms with Crippen LogP contribution in [0.4, 0.5) is 4.79 Å². The van der Waals surface area contributed by atoms with Crippen molar-refractivity contribution in [2.45, 2.75) is 25.9 Å². The molecule has 0 N–H and O–H groups in total. The Balaban J connectivity index is 1.93. The highest BCUT2D eigenvalue weighted by Crippen LogP contribution is 2.19. The first-order valence-corrected chi connectivity index (χ1v) is 6.59. The quantitative estimate of drug-likeness (QED) is 0.766. The van der Waals surface area contributed by atoms with E-state index in [9.17, 15) is 4.79 Å². The van der Waals surface area contributed by atoms with Crippen molar-refractivity contribution in [2.24, 2.45) is 0 Å². The number of ether oxygens (including phenoxy) is 1. The van der Waals surface area contributed by atoms with Gasteiger partial charge in [0.15, 0.2) is 0 Å². The fourth-order valence-electron chi connectivity index (χ4n) is 2.12. The van der Waals surface area contributed by atoms with Crippen LogP contribution in [0.1, 0.15) is 24.8 Å². The zero-order valence-electron chi connectivity index (χ0n) is 11.0. The highest BCUT2D eigenvalue weighted by molar-refractivity contribution is 5.70. The van der Waals surface area contributed by atoms with Crippen molar-refractivity contribution >= 4 is 6.09 Å². The van der Waals surface area contributed by atoms with Gasteiger partial charge in [-0.15, -0.1) is 6.58 Å². The average molecular weight is 257 g/mol. The van der Waals surface area contributed by atoms with Gasteiger partial charge in [-0.2, -0.15) is 0 Å². The SMILES string of the molecule is C=CCC1=CCCCN1C(=O)OCc1ccccc1. The summed E-state index contributed by atoms with van der Waals surface area (Å²) in [6.07, 6.45) is 6.35. The maximum Gasteiger partial charge on any atom is 0.414 e. The van der Waals surface area contributed by atoms with E-state index >= 15 is 0 Å². The third-order valence-electron chi connectivity index (χ3n) is 3.09. The zero-order valence-corrected chi connectivity index (χ0v) is 11.0. The van der Waals surface area contributed by atoms with Crippen molar-refractivity contribution in [1.82, 2.24) is 4.90 Å². The molecule has 0 atom stereocenters. The Kier molecular flexibility index (Phi) is 4.78. The van der Waals surface area contributed by atoms with Gasteiger partial charge in [-0.05, 0) is 18.4 Å². The van der Waals surface area contributed by atoms with Crippen molar-refractivity contribution in [3.8, 4) is 0 Å². The molecule has 2 rings (SSSR count). The van der Waals surface area contributed by atoms with Gasteiger partial charge in [0.1, 0.15) is 6.61 Å². The van der Waals surface area contributed by atoms with E-state index in [1.165, 1.54) is 0 Å². The monoisotopic (exact) mass is 257 g/mol. The Morgan fingerprint density at radius 3 is 2.89 bits per heavy atom. The summed E-state index contributed by atoms with van der Waals surface area (Å²) in [7, 11) is 0. The molecule has 0 spiro atoms. The lowest BCUT2D eigenvalue weighted by Gasteiger charge is -2.27. The number of rotatable bonds is 4. The second-order valence-electron chi connectivity index (χ2n) is 4.52. The molecule has 0 aromatic heterocycles. The minimum absolute atomic E-state index is 0.267. The Bertz CT molecular complexity index is 465. The Labute approximate surface area is 114 Å². The lowest BCUT2D eigenvalue weighted by atomic mass is 10.1. The van der Waals surface area contributed by atoms with Gasteiger partial charge < -0.3 is 4.74 Å². The summed E-state index contributed by atoms with van der Waals surface area (Å²) < 4.78 is 5.36. The molecule has 3 nitrogen and oxygen atoms in total. The molecule has 1 amide bonds. The molecule has 0 saturated heterocycles. The summed E-state index contributed by atoms with van der Waals surface area (Å²) >= 11 is 0. The van der Waals surface area contributed by atoms with Crippen molar-refractivity contribution in [1.29, 1.82) is 0 Å². The topological polar surface area (TPSA) is 29.5 Å². The zero-order chi connectivity index (χ0) is 13.5. The largest absolute Gasteiger partial charge is 0.444 e. The van der Waals surface area contributed by atoms with Crippen LogP contribution in [0.5, 0.6) is 0 Å². The Morgan fingerprint density at radius 2 is 2.16 bits per heavy atom. The number of hydrogen-bond donors (Lipinski definition) is 0. The van der Waals surface area contributed by atoms with Crippen molar-refractivity contribution < 1.29 is 9.53 Å². The van der Waals surface area contributed by atoms with Gasteiger partial charge in [0.25, 0.3) is 0 Å². The van der Waals surface area contributed by atoms with Gasteiger partial charge >= 0.3 is 6.09 Å². The van der Waals surface area contributed by atoms with E-state index in [1.54, 1.807) is 4.90 Å². The maximum atomic E-state index is 12.1. The predicted molar refractivity (Wildman–Crippen MR) is 75.5 cm³/mol. The molecule has 1 aromatic carbocycles. The van der Waals surface area contributed by atoms with Crippen LogP contribution in [-0.4, -0.2) is 17.5 Å². The molecular formula is C16H19NO2. The van der Waals surface area contributed by atoms with Crippen LogP contribution in [0.25, 0.3) is 0 Å². The number of benzene rings is 1. The molecule has 1 aliphatic rings. The van der Waals surface area contributed by atoms with Crippen molar-refractivity contribution in [3.05, 3.63) is 60.3 Å². The van der Waals surface area contributed by atoms with E-state index in [0.29, 0.717) is 13.0 Å². The van der Waals surface area contributed by atoms with E-state index in [-0.39, 0.29) is 6.09 Å². The molecule has 1 aromatic rings. The molecule has 3 heteroatoms. The molecule has 19 heavy (non-hydrogen) atoms. The lowest BCUT2D eigenvalue weighted by molar-refractivity contribution is 0.104. The second kappa shape index (κ2) is 6.78. The number of allylic oxidation sites excluding steroid dienone is 2. The third-order valence-corrected chi connectivity index (χ3v) is 3.09. The minimum atomic E-state index is -0.267. The van der Waals surface area contributed by atoms with Crippen LogP contribution in [0.2, 0.25) is 0 Å². The molecule has 1 aliphatic heterocycles. The molecule has 1 heterocycles. The summed E-state index contributed by atoms with van der Waals surface area (Å²) in [5.41, 5.74) is 2.00. The average Bonchev–Trinajstić information content (AvgIpc) is 2.47. The van der Waals surface area contributed by atoms with E-state index in [2.05, 4.69) is 12.7 Å². The van der Waals surface area contributed by atoms with Gasteiger partial charge in [0.2, 0.25) is 0 Å². The summed E-state index contributed by atoms with van der Waals surface area (Å²) in [6, 6.07) is 9.72. The smallest absolute Gasteiger partial charge is 0.414 e. The summed E-state index contributed by atoms with van der Waals surface area (Å²) in [4.78, 5) is 13.8. The van der Waals surface area contributed by atoms with Crippen molar-refractivity contribution in [2.75, 3.05) is 6.54 Å². The van der Waals surface area contributed by atoms with Crippen LogP contribution in [0.3, 0.4) is 0 Å². The predicted octanol–water partition coefficient (Wildman–Crippen LogP) is 3.88. The van der Waals surface area contributed by atoms with Gasteiger partial charge in [0, 0.05) is 18.7 Å². The molecular weight excluding hydrogens is 238 g/mol. The molecule has 0 bridgehead atoms. The number of carbonyl (C=O) groups is 1. The standard InChI is InChI=1S/C16H19NO2/c1-2-8-15-11-6-7-12-17(15)16(18)19-13-14-9-4-3-5-10-14/h2-5,9-11H,1,6-8,12-13H2. The summed E-state index contributed by atoms with van der Waals surface area (Å²) in [5.74, 6) is 0. The van der Waals surface area contributed by atoms with E-state index in [4.69, 9.17) is 4.74 Å². The van der Waals surface area contributed by atoms with Gasteiger partial charge in [-0.1, -0.05) is 42.5 Å². The third kappa shape index (κ3) is 3.71. The normalized spacial score (nSPS) is 14.7. The molecule has 0 fully saturated rings. The summed E-state index contributed by atoms with van der Waals surface area (Å²) in [5, 5.41) is 0. The molecule has 0 unspecified atom stereocenters. The first-order valence-electron chi connectivity index (χ1n) is 6.59. The van der Waals surface area contributed by atoms with E-state index in [1.807, 2.05) is 36.4 Å². The van der Waals surface area contributed by atoms with Crippen molar-refractivity contribution in [3.63, 3.8) is 0 Å². The Hall–Kier alpha value is -2.03. The molecule has 0 aliphatic carbocycles. The Morgan fingerprint density at radius 1 is 1.37 bits per heavy atom. The van der Waals surface area contributed by atoms with Crippen LogP contribution in [-0.2, 0) is 11.3 Å². The maximum absolute atomic E-state index is 12.1. The highest BCUT2D eigenvalue weighted by Gasteiger charge is 2.20. The lowest BCUT2D eigenvalue weighted by Crippen LogP contribution is -2.33. The highest BCUT2D eigenvalue weighted by atomic mass is 16.6. The number of hydrogen-bond acceptors (Lipinski definition) is 2. The summed E-state index contributed by atoms with van der Waals surface area (Å²) in [6.45, 7) is 4.77. The van der Waals surface area contributed by atoms with Gasteiger partial charge in [-0.25, -0.2) is 4.79 Å².